The van der Waals surface area contributed by atoms with E-state index in [1.807, 2.05) is 15.5 Å². The van der Waals surface area contributed by atoms with Crippen LogP contribution in [0.5, 0.6) is 0 Å². The molecule has 2 aliphatic heterocycles. The first kappa shape index (κ1) is 15.1. The maximum atomic E-state index is 13.0. The van der Waals surface area contributed by atoms with Crippen LogP contribution in [0.3, 0.4) is 0 Å². The van der Waals surface area contributed by atoms with Crippen molar-refractivity contribution in [2.24, 2.45) is 5.92 Å². The average Bonchev–Trinajstić information content (AvgIpc) is 2.58. The van der Waals surface area contributed by atoms with E-state index in [2.05, 4.69) is 0 Å². The molecule has 2 bridgehead atoms. The van der Waals surface area contributed by atoms with E-state index < -0.39 is 0 Å². The molecule has 0 aliphatic carbocycles. The van der Waals surface area contributed by atoms with Gasteiger partial charge in [0.25, 0.3) is 5.56 Å². The number of pyridine rings is 1. The summed E-state index contributed by atoms with van der Waals surface area (Å²) >= 11 is 0. The molecule has 2 aromatic rings. The number of carbonyl (C=O) groups is 1. The largest absolute Gasteiger partial charge is 0.341 e. The van der Waals surface area contributed by atoms with Crippen LogP contribution in [0, 0.1) is 11.7 Å². The Balaban J connectivity index is 1.52. The second-order valence-electron chi connectivity index (χ2n) is 6.80. The van der Waals surface area contributed by atoms with Gasteiger partial charge in [0.15, 0.2) is 0 Å². The van der Waals surface area contributed by atoms with Gasteiger partial charge in [-0.05, 0) is 36.1 Å². The molecule has 24 heavy (non-hydrogen) atoms. The molecule has 0 radical (unpaired) electrons. The smallest absolute Gasteiger partial charge is 0.250 e. The van der Waals surface area contributed by atoms with Crippen molar-refractivity contribution in [1.82, 2.24) is 9.47 Å². The molecule has 0 spiro atoms. The highest BCUT2D eigenvalue weighted by Crippen LogP contribution is 2.35. The molecule has 2 atom stereocenters. The summed E-state index contributed by atoms with van der Waals surface area (Å²) in [6.45, 7) is 2.03. The Morgan fingerprint density at radius 3 is 2.67 bits per heavy atom. The Hall–Kier alpha value is -2.43. The molecule has 5 heteroatoms. The second-order valence-corrected chi connectivity index (χ2v) is 6.80. The molecule has 4 rings (SSSR count). The zero-order valence-corrected chi connectivity index (χ0v) is 13.3. The highest BCUT2D eigenvalue weighted by atomic mass is 19.1. The number of fused-ring (bicyclic) bond motifs is 4. The summed E-state index contributed by atoms with van der Waals surface area (Å²) in [5, 5.41) is 0. The summed E-state index contributed by atoms with van der Waals surface area (Å²) in [5.74, 6) is 0.334. The SMILES string of the molecule is O=C(Cc1ccc(F)cc1)N1CC2CC(C1)c1cccc(=O)n1C2. The van der Waals surface area contributed by atoms with Crippen LogP contribution in [0.4, 0.5) is 4.39 Å². The molecule has 0 N–H and O–H groups in total. The number of nitrogens with zero attached hydrogens (tertiary/aromatic N) is 2. The Morgan fingerprint density at radius 2 is 1.88 bits per heavy atom. The highest BCUT2D eigenvalue weighted by Gasteiger charge is 2.36. The molecule has 0 saturated carbocycles. The normalized spacial score (nSPS) is 22.1. The minimum Gasteiger partial charge on any atom is -0.341 e. The van der Waals surface area contributed by atoms with Crippen molar-refractivity contribution in [3.8, 4) is 0 Å². The third kappa shape index (κ3) is 2.75. The van der Waals surface area contributed by atoms with Crippen molar-refractivity contribution in [2.45, 2.75) is 25.3 Å². The Labute approximate surface area is 139 Å². The molecule has 2 unspecified atom stereocenters. The van der Waals surface area contributed by atoms with E-state index in [1.165, 1.54) is 12.1 Å². The molecule has 2 aliphatic rings. The van der Waals surface area contributed by atoms with E-state index in [4.69, 9.17) is 0 Å². The maximum Gasteiger partial charge on any atom is 0.250 e. The van der Waals surface area contributed by atoms with Gasteiger partial charge in [-0.25, -0.2) is 4.39 Å². The van der Waals surface area contributed by atoms with Gasteiger partial charge >= 0.3 is 0 Å². The van der Waals surface area contributed by atoms with Crippen LogP contribution >= 0.6 is 0 Å². The van der Waals surface area contributed by atoms with E-state index in [0.29, 0.717) is 32.0 Å². The fraction of sp³-hybridized carbons (Fsp3) is 0.368. The molecule has 1 aromatic heterocycles. The first-order valence-corrected chi connectivity index (χ1v) is 8.32. The number of piperidine rings is 1. The third-order valence-electron chi connectivity index (χ3n) is 5.10. The van der Waals surface area contributed by atoms with Crippen LogP contribution in [0.25, 0.3) is 0 Å². The van der Waals surface area contributed by atoms with Crippen LogP contribution < -0.4 is 5.56 Å². The zero-order valence-electron chi connectivity index (χ0n) is 13.3. The van der Waals surface area contributed by atoms with Gasteiger partial charge in [-0.2, -0.15) is 0 Å². The van der Waals surface area contributed by atoms with Gasteiger partial charge in [0.1, 0.15) is 5.82 Å². The number of hydrogen-bond acceptors (Lipinski definition) is 2. The second kappa shape index (κ2) is 5.89. The van der Waals surface area contributed by atoms with E-state index in [9.17, 15) is 14.0 Å². The number of amides is 1. The van der Waals surface area contributed by atoms with Crippen LogP contribution in [0.2, 0.25) is 0 Å². The molecule has 124 valence electrons. The van der Waals surface area contributed by atoms with Gasteiger partial charge in [0, 0.05) is 37.3 Å². The van der Waals surface area contributed by atoms with Crippen LogP contribution in [0.15, 0.2) is 47.3 Å². The van der Waals surface area contributed by atoms with E-state index in [0.717, 1.165) is 17.7 Å². The molecule has 1 aromatic carbocycles. The standard InChI is InChI=1S/C19H19FN2O2/c20-16-6-4-13(5-7-16)9-19(24)21-10-14-8-15(12-21)17-2-1-3-18(23)22(17)11-14/h1-7,14-15H,8-12H2. The Kier molecular flexibility index (Phi) is 3.71. The fourth-order valence-electron chi connectivity index (χ4n) is 3.99. The van der Waals surface area contributed by atoms with Gasteiger partial charge < -0.3 is 9.47 Å². The minimum absolute atomic E-state index is 0.0493. The number of halogens is 1. The van der Waals surface area contributed by atoms with Crippen molar-refractivity contribution < 1.29 is 9.18 Å². The summed E-state index contributed by atoms with van der Waals surface area (Å²) in [5.41, 5.74) is 1.92. The van der Waals surface area contributed by atoms with Gasteiger partial charge in [-0.3, -0.25) is 9.59 Å². The lowest BCUT2D eigenvalue weighted by Crippen LogP contribution is -2.49. The number of carbonyl (C=O) groups excluding carboxylic acids is 1. The zero-order chi connectivity index (χ0) is 16.7. The fourth-order valence-corrected chi connectivity index (χ4v) is 3.99. The Morgan fingerprint density at radius 1 is 1.08 bits per heavy atom. The lowest BCUT2D eigenvalue weighted by Gasteiger charge is -2.42. The molecule has 3 heterocycles. The monoisotopic (exact) mass is 326 g/mol. The number of aromatic nitrogens is 1. The number of likely N-dealkylation sites (tertiary alicyclic amines) is 1. The molecular formula is C19H19FN2O2. The van der Waals surface area contributed by atoms with Crippen molar-refractivity contribution in [3.05, 3.63) is 69.9 Å². The molecule has 4 nitrogen and oxygen atoms in total. The summed E-state index contributed by atoms with van der Waals surface area (Å²) in [4.78, 5) is 26.6. The van der Waals surface area contributed by atoms with E-state index in [-0.39, 0.29) is 23.2 Å². The summed E-state index contributed by atoms with van der Waals surface area (Å²) in [7, 11) is 0. The van der Waals surface area contributed by atoms with Gasteiger partial charge in [-0.1, -0.05) is 18.2 Å². The van der Waals surface area contributed by atoms with E-state index >= 15 is 0 Å². The number of hydrogen-bond donors (Lipinski definition) is 0. The van der Waals surface area contributed by atoms with Crippen LogP contribution in [0.1, 0.15) is 23.6 Å². The van der Waals surface area contributed by atoms with Crippen LogP contribution in [-0.2, 0) is 17.8 Å². The molecular weight excluding hydrogens is 307 g/mol. The molecule has 1 saturated heterocycles. The van der Waals surface area contributed by atoms with Crippen molar-refractivity contribution in [2.75, 3.05) is 13.1 Å². The topological polar surface area (TPSA) is 42.3 Å². The van der Waals surface area contributed by atoms with Gasteiger partial charge in [0.05, 0.1) is 6.42 Å². The predicted molar refractivity (Wildman–Crippen MR) is 88.2 cm³/mol. The first-order chi connectivity index (χ1) is 11.6. The predicted octanol–water partition coefficient (Wildman–Crippen LogP) is 2.18. The molecule has 1 amide bonds. The minimum atomic E-state index is -0.291. The quantitative estimate of drug-likeness (QED) is 0.849. The average molecular weight is 326 g/mol. The lowest BCUT2D eigenvalue weighted by atomic mass is 9.83. The lowest BCUT2D eigenvalue weighted by molar-refractivity contribution is -0.133. The number of rotatable bonds is 2. The van der Waals surface area contributed by atoms with Crippen molar-refractivity contribution in [3.63, 3.8) is 0 Å². The highest BCUT2D eigenvalue weighted by molar-refractivity contribution is 5.79. The van der Waals surface area contributed by atoms with E-state index in [1.54, 1.807) is 24.3 Å². The summed E-state index contributed by atoms with van der Waals surface area (Å²) in [6, 6.07) is 11.5. The summed E-state index contributed by atoms with van der Waals surface area (Å²) < 4.78 is 14.8. The van der Waals surface area contributed by atoms with Crippen molar-refractivity contribution in [1.29, 1.82) is 0 Å². The summed E-state index contributed by atoms with van der Waals surface area (Å²) in [6.07, 6.45) is 1.32. The van der Waals surface area contributed by atoms with Gasteiger partial charge in [-0.15, -0.1) is 0 Å². The Bertz CT molecular complexity index is 828. The molecule has 1 fully saturated rings. The first-order valence-electron chi connectivity index (χ1n) is 8.32. The van der Waals surface area contributed by atoms with Gasteiger partial charge in [0.2, 0.25) is 5.91 Å². The van der Waals surface area contributed by atoms with Crippen LogP contribution in [-0.4, -0.2) is 28.5 Å². The number of benzene rings is 1. The third-order valence-corrected chi connectivity index (χ3v) is 5.10. The van der Waals surface area contributed by atoms with Crippen molar-refractivity contribution >= 4 is 5.91 Å². The maximum absolute atomic E-state index is 13.0.